The molecule has 84 valence electrons. The molecule has 1 aromatic heterocycles. The Bertz CT molecular complexity index is 620. The summed E-state index contributed by atoms with van der Waals surface area (Å²) in [4.78, 5) is 3.76. The van der Waals surface area contributed by atoms with Crippen LogP contribution in [0.3, 0.4) is 0 Å². The zero-order valence-corrected chi connectivity index (χ0v) is 9.17. The van der Waals surface area contributed by atoms with Gasteiger partial charge in [-0.2, -0.15) is 5.26 Å². The van der Waals surface area contributed by atoms with E-state index in [9.17, 15) is 8.78 Å². The minimum atomic E-state index is -1.02. The highest BCUT2D eigenvalue weighted by Gasteiger charge is 2.14. The van der Waals surface area contributed by atoms with Crippen LogP contribution in [0.15, 0.2) is 30.5 Å². The lowest BCUT2D eigenvalue weighted by molar-refractivity contribution is 0.511. The number of nitriles is 1. The molecule has 17 heavy (non-hydrogen) atoms. The molecule has 1 heterocycles. The summed E-state index contributed by atoms with van der Waals surface area (Å²) in [5, 5.41) is 9.11. The lowest BCUT2D eigenvalue weighted by atomic mass is 10.0. The summed E-state index contributed by atoms with van der Waals surface area (Å²) in [5.74, 6) is -2.00. The van der Waals surface area contributed by atoms with E-state index in [4.69, 9.17) is 16.9 Å². The fourth-order valence-electron chi connectivity index (χ4n) is 1.45. The van der Waals surface area contributed by atoms with Crippen molar-refractivity contribution in [3.8, 4) is 17.2 Å². The molecular formula is C12H5ClF2N2. The van der Waals surface area contributed by atoms with Gasteiger partial charge >= 0.3 is 0 Å². The second-order valence-corrected chi connectivity index (χ2v) is 3.70. The van der Waals surface area contributed by atoms with Crippen molar-refractivity contribution in [1.29, 1.82) is 5.26 Å². The first-order valence-corrected chi connectivity index (χ1v) is 5.01. The topological polar surface area (TPSA) is 36.7 Å². The standard InChI is InChI=1S/C12H5ClF2N2/c13-7-4-9(11(5-16)17-6-7)8-2-1-3-10(14)12(8)15/h1-4,6H. The van der Waals surface area contributed by atoms with Crippen LogP contribution < -0.4 is 0 Å². The Morgan fingerprint density at radius 2 is 2.00 bits per heavy atom. The third-order valence-corrected chi connectivity index (χ3v) is 2.41. The van der Waals surface area contributed by atoms with E-state index in [1.54, 1.807) is 0 Å². The fourth-order valence-corrected chi connectivity index (χ4v) is 1.60. The molecule has 0 fully saturated rings. The monoisotopic (exact) mass is 250 g/mol. The molecule has 0 spiro atoms. The third kappa shape index (κ3) is 2.10. The minimum absolute atomic E-state index is 0.00102. The number of benzene rings is 1. The minimum Gasteiger partial charge on any atom is -0.243 e. The van der Waals surface area contributed by atoms with E-state index in [1.807, 2.05) is 6.07 Å². The smallest absolute Gasteiger partial charge is 0.166 e. The van der Waals surface area contributed by atoms with Crippen molar-refractivity contribution in [2.75, 3.05) is 0 Å². The summed E-state index contributed by atoms with van der Waals surface area (Å²) in [7, 11) is 0. The van der Waals surface area contributed by atoms with Crippen molar-refractivity contribution in [2.45, 2.75) is 0 Å². The predicted molar refractivity (Wildman–Crippen MR) is 59.3 cm³/mol. The van der Waals surface area contributed by atoms with E-state index >= 15 is 0 Å². The number of rotatable bonds is 1. The quantitative estimate of drug-likeness (QED) is 0.776. The molecule has 5 heteroatoms. The van der Waals surface area contributed by atoms with Crippen molar-refractivity contribution < 1.29 is 8.78 Å². The molecule has 0 unspecified atom stereocenters. The Morgan fingerprint density at radius 3 is 2.71 bits per heavy atom. The molecule has 0 aliphatic rings. The number of pyridine rings is 1. The van der Waals surface area contributed by atoms with E-state index in [-0.39, 0.29) is 21.8 Å². The maximum Gasteiger partial charge on any atom is 0.166 e. The van der Waals surface area contributed by atoms with Gasteiger partial charge in [-0.15, -0.1) is 0 Å². The summed E-state index contributed by atoms with van der Waals surface area (Å²) < 4.78 is 26.7. The molecule has 0 aliphatic carbocycles. The number of hydrogen-bond acceptors (Lipinski definition) is 2. The summed E-state index contributed by atoms with van der Waals surface area (Å²) in [6.45, 7) is 0. The first kappa shape index (κ1) is 11.5. The van der Waals surface area contributed by atoms with E-state index in [2.05, 4.69) is 4.98 Å². The fraction of sp³-hybridized carbons (Fsp3) is 0. The highest BCUT2D eigenvalue weighted by Crippen LogP contribution is 2.28. The Kier molecular flexibility index (Phi) is 3.03. The van der Waals surface area contributed by atoms with Gasteiger partial charge in [-0.25, -0.2) is 13.8 Å². The van der Waals surface area contributed by atoms with Gasteiger partial charge in [0.05, 0.1) is 5.02 Å². The normalized spacial score (nSPS) is 10.0. The number of aromatic nitrogens is 1. The van der Waals surface area contributed by atoms with Gasteiger partial charge in [0.15, 0.2) is 11.6 Å². The van der Waals surface area contributed by atoms with E-state index < -0.39 is 11.6 Å². The highest BCUT2D eigenvalue weighted by molar-refractivity contribution is 6.30. The van der Waals surface area contributed by atoms with E-state index in [0.29, 0.717) is 0 Å². The lowest BCUT2D eigenvalue weighted by Crippen LogP contribution is -1.94. The average Bonchev–Trinajstić information content (AvgIpc) is 2.33. The summed E-state index contributed by atoms with van der Waals surface area (Å²) >= 11 is 5.73. The van der Waals surface area contributed by atoms with Crippen LogP contribution in [0, 0.1) is 23.0 Å². The van der Waals surface area contributed by atoms with Gasteiger partial charge in [0.25, 0.3) is 0 Å². The van der Waals surface area contributed by atoms with Gasteiger partial charge < -0.3 is 0 Å². The molecule has 0 amide bonds. The zero-order valence-electron chi connectivity index (χ0n) is 8.42. The van der Waals surface area contributed by atoms with Crippen LogP contribution in [-0.4, -0.2) is 4.98 Å². The van der Waals surface area contributed by atoms with Crippen molar-refractivity contribution >= 4 is 11.6 Å². The van der Waals surface area contributed by atoms with Gasteiger partial charge in [0.2, 0.25) is 0 Å². The van der Waals surface area contributed by atoms with E-state index in [1.165, 1.54) is 24.4 Å². The highest BCUT2D eigenvalue weighted by atomic mass is 35.5. The first-order chi connectivity index (χ1) is 8.13. The van der Waals surface area contributed by atoms with Crippen LogP contribution in [0.25, 0.3) is 11.1 Å². The van der Waals surface area contributed by atoms with Crippen molar-refractivity contribution in [3.05, 3.63) is 52.8 Å². The largest absolute Gasteiger partial charge is 0.243 e. The molecular weight excluding hydrogens is 246 g/mol. The van der Waals surface area contributed by atoms with Crippen LogP contribution in [-0.2, 0) is 0 Å². The van der Waals surface area contributed by atoms with Crippen LogP contribution in [0.5, 0.6) is 0 Å². The Labute approximate surface area is 101 Å². The van der Waals surface area contributed by atoms with Crippen LogP contribution in [0.4, 0.5) is 8.78 Å². The van der Waals surface area contributed by atoms with Crippen molar-refractivity contribution in [1.82, 2.24) is 4.98 Å². The number of halogens is 3. The second kappa shape index (κ2) is 4.48. The predicted octanol–water partition coefficient (Wildman–Crippen LogP) is 3.55. The molecule has 2 rings (SSSR count). The lowest BCUT2D eigenvalue weighted by Gasteiger charge is -2.05. The van der Waals surface area contributed by atoms with Crippen molar-refractivity contribution in [2.24, 2.45) is 0 Å². The van der Waals surface area contributed by atoms with Crippen LogP contribution >= 0.6 is 11.6 Å². The molecule has 0 atom stereocenters. The molecule has 0 radical (unpaired) electrons. The Balaban J connectivity index is 2.72. The molecule has 1 aromatic carbocycles. The molecule has 0 saturated carbocycles. The summed E-state index contributed by atoms with van der Waals surface area (Å²) in [5.41, 5.74) is 0.146. The second-order valence-electron chi connectivity index (χ2n) is 3.26. The van der Waals surface area contributed by atoms with Gasteiger partial charge in [-0.1, -0.05) is 23.7 Å². The van der Waals surface area contributed by atoms with Gasteiger partial charge in [-0.05, 0) is 12.1 Å². The Hall–Kier alpha value is -1.99. The summed E-state index contributed by atoms with van der Waals surface area (Å²) in [6.07, 6.45) is 1.28. The molecule has 2 aromatic rings. The van der Waals surface area contributed by atoms with Gasteiger partial charge in [0.1, 0.15) is 11.8 Å². The molecule has 0 N–H and O–H groups in total. The maximum atomic E-state index is 13.6. The third-order valence-electron chi connectivity index (χ3n) is 2.20. The Morgan fingerprint density at radius 1 is 1.24 bits per heavy atom. The number of nitrogens with zero attached hydrogens (tertiary/aromatic N) is 2. The molecule has 0 aliphatic heterocycles. The summed E-state index contributed by atoms with van der Waals surface area (Å²) in [6, 6.07) is 6.92. The first-order valence-electron chi connectivity index (χ1n) is 4.63. The maximum absolute atomic E-state index is 13.6. The van der Waals surface area contributed by atoms with Crippen LogP contribution in [0.2, 0.25) is 5.02 Å². The van der Waals surface area contributed by atoms with Crippen molar-refractivity contribution in [3.63, 3.8) is 0 Å². The average molecular weight is 251 g/mol. The molecule has 0 bridgehead atoms. The van der Waals surface area contributed by atoms with Gasteiger partial charge in [0, 0.05) is 17.3 Å². The zero-order chi connectivity index (χ0) is 12.4. The van der Waals surface area contributed by atoms with E-state index in [0.717, 1.165) is 6.07 Å². The molecule has 0 saturated heterocycles. The number of hydrogen-bond donors (Lipinski definition) is 0. The molecule has 2 nitrogen and oxygen atoms in total. The van der Waals surface area contributed by atoms with Gasteiger partial charge in [-0.3, -0.25) is 0 Å². The SMILES string of the molecule is N#Cc1ncc(Cl)cc1-c1cccc(F)c1F. The van der Waals surface area contributed by atoms with Crippen LogP contribution in [0.1, 0.15) is 5.69 Å².